The van der Waals surface area contributed by atoms with E-state index < -0.39 is 0 Å². The average Bonchev–Trinajstić information content (AvgIpc) is 3.31. The molecule has 5 nitrogen and oxygen atoms in total. The summed E-state index contributed by atoms with van der Waals surface area (Å²) in [6.45, 7) is 0. The average molecular weight is 395 g/mol. The van der Waals surface area contributed by atoms with Gasteiger partial charge in [-0.15, -0.1) is 11.3 Å². The summed E-state index contributed by atoms with van der Waals surface area (Å²) in [7, 11) is 3.59. The topological polar surface area (TPSA) is 51.0 Å². The van der Waals surface area contributed by atoms with E-state index in [1.807, 2.05) is 55.7 Å². The first-order valence-electron chi connectivity index (χ1n) is 8.44. The smallest absolute Gasteiger partial charge is 0.258 e. The SMILES string of the molecule is CN(C(=O)c1ccc(CSc2nc3ccccc3s2)cc1)c1cnn(C)c1. The van der Waals surface area contributed by atoms with Gasteiger partial charge >= 0.3 is 0 Å². The van der Waals surface area contributed by atoms with Crippen LogP contribution in [0.1, 0.15) is 15.9 Å². The lowest BCUT2D eigenvalue weighted by molar-refractivity contribution is 0.0993. The van der Waals surface area contributed by atoms with Crippen LogP contribution in [0, 0.1) is 0 Å². The molecule has 0 saturated carbocycles. The number of fused-ring (bicyclic) bond motifs is 1. The summed E-state index contributed by atoms with van der Waals surface area (Å²) in [4.78, 5) is 18.9. The summed E-state index contributed by atoms with van der Waals surface area (Å²) in [6, 6.07) is 15.9. The third kappa shape index (κ3) is 3.89. The number of thiazole rings is 1. The van der Waals surface area contributed by atoms with Crippen LogP contribution in [0.3, 0.4) is 0 Å². The molecule has 0 aliphatic rings. The Balaban J connectivity index is 1.41. The van der Waals surface area contributed by atoms with E-state index in [0.29, 0.717) is 5.56 Å². The van der Waals surface area contributed by atoms with E-state index >= 15 is 0 Å². The number of carbonyl (C=O) groups is 1. The molecular formula is C20H18N4OS2. The van der Waals surface area contributed by atoms with Crippen molar-refractivity contribution in [1.82, 2.24) is 14.8 Å². The highest BCUT2D eigenvalue weighted by atomic mass is 32.2. The number of anilines is 1. The van der Waals surface area contributed by atoms with Gasteiger partial charge in [-0.25, -0.2) is 4.98 Å². The fourth-order valence-electron chi connectivity index (χ4n) is 2.69. The van der Waals surface area contributed by atoms with Crippen molar-refractivity contribution in [3.63, 3.8) is 0 Å². The van der Waals surface area contributed by atoms with Gasteiger partial charge in [0.1, 0.15) is 0 Å². The largest absolute Gasteiger partial charge is 0.309 e. The number of amides is 1. The molecule has 2 aromatic carbocycles. The predicted octanol–water partition coefficient (Wildman–Crippen LogP) is 4.60. The third-order valence-corrected chi connectivity index (χ3v) is 6.47. The summed E-state index contributed by atoms with van der Waals surface area (Å²) in [5.74, 6) is 0.778. The van der Waals surface area contributed by atoms with Crippen LogP contribution in [0.25, 0.3) is 10.2 Å². The number of nitrogens with zero attached hydrogens (tertiary/aromatic N) is 4. The van der Waals surface area contributed by atoms with Crippen molar-refractivity contribution in [2.75, 3.05) is 11.9 Å². The maximum absolute atomic E-state index is 12.6. The van der Waals surface area contributed by atoms with E-state index in [1.165, 1.54) is 10.3 Å². The number of thioether (sulfide) groups is 1. The van der Waals surface area contributed by atoms with E-state index in [9.17, 15) is 4.79 Å². The summed E-state index contributed by atoms with van der Waals surface area (Å²) < 4.78 is 3.95. The number of benzene rings is 2. The van der Waals surface area contributed by atoms with Gasteiger partial charge in [-0.1, -0.05) is 36.0 Å². The minimum absolute atomic E-state index is 0.0478. The van der Waals surface area contributed by atoms with Gasteiger partial charge in [-0.05, 0) is 29.8 Å². The molecular weight excluding hydrogens is 376 g/mol. The first-order valence-corrected chi connectivity index (χ1v) is 10.2. The predicted molar refractivity (Wildman–Crippen MR) is 112 cm³/mol. The highest BCUT2D eigenvalue weighted by Gasteiger charge is 2.14. The Bertz CT molecular complexity index is 1050. The van der Waals surface area contributed by atoms with Crippen molar-refractivity contribution in [3.8, 4) is 0 Å². The zero-order chi connectivity index (χ0) is 18.8. The van der Waals surface area contributed by atoms with E-state index in [-0.39, 0.29) is 5.91 Å². The molecule has 0 radical (unpaired) electrons. The Hall–Kier alpha value is -2.64. The highest BCUT2D eigenvalue weighted by Crippen LogP contribution is 2.31. The van der Waals surface area contributed by atoms with E-state index in [1.54, 1.807) is 45.9 Å². The second-order valence-electron chi connectivity index (χ2n) is 6.17. The Morgan fingerprint density at radius 2 is 1.96 bits per heavy atom. The summed E-state index contributed by atoms with van der Waals surface area (Å²) in [6.07, 6.45) is 3.50. The summed E-state index contributed by atoms with van der Waals surface area (Å²) in [5, 5.41) is 4.11. The highest BCUT2D eigenvalue weighted by molar-refractivity contribution is 8.00. The zero-order valence-electron chi connectivity index (χ0n) is 15.0. The van der Waals surface area contributed by atoms with E-state index in [0.717, 1.165) is 21.3 Å². The van der Waals surface area contributed by atoms with E-state index in [4.69, 9.17) is 0 Å². The first kappa shape index (κ1) is 17.8. The van der Waals surface area contributed by atoms with Crippen molar-refractivity contribution in [2.24, 2.45) is 7.05 Å². The van der Waals surface area contributed by atoms with Gasteiger partial charge in [-0.3, -0.25) is 9.48 Å². The van der Waals surface area contributed by atoms with Crippen LogP contribution in [0.15, 0.2) is 65.3 Å². The Morgan fingerprint density at radius 3 is 2.67 bits per heavy atom. The first-order chi connectivity index (χ1) is 13.1. The molecule has 1 amide bonds. The number of rotatable bonds is 5. The summed E-state index contributed by atoms with van der Waals surface area (Å²) in [5.41, 5.74) is 3.65. The molecule has 27 heavy (non-hydrogen) atoms. The van der Waals surface area contributed by atoms with E-state index in [2.05, 4.69) is 16.1 Å². The molecule has 0 aliphatic carbocycles. The van der Waals surface area contributed by atoms with Crippen molar-refractivity contribution in [3.05, 3.63) is 72.1 Å². The van der Waals surface area contributed by atoms with Gasteiger partial charge in [0.2, 0.25) is 0 Å². The fraction of sp³-hybridized carbons (Fsp3) is 0.150. The van der Waals surface area contributed by atoms with Crippen molar-refractivity contribution in [2.45, 2.75) is 10.1 Å². The van der Waals surface area contributed by atoms with Crippen LogP contribution >= 0.6 is 23.1 Å². The van der Waals surface area contributed by atoms with Crippen LogP contribution in [-0.4, -0.2) is 27.7 Å². The lowest BCUT2D eigenvalue weighted by Gasteiger charge is -2.15. The number of aromatic nitrogens is 3. The van der Waals surface area contributed by atoms with Crippen LogP contribution in [0.4, 0.5) is 5.69 Å². The van der Waals surface area contributed by atoms with Gasteiger partial charge in [0.15, 0.2) is 4.34 Å². The number of hydrogen-bond acceptors (Lipinski definition) is 5. The fourth-order valence-corrected chi connectivity index (χ4v) is 4.72. The zero-order valence-corrected chi connectivity index (χ0v) is 16.6. The number of carbonyl (C=O) groups excluding carboxylic acids is 1. The molecule has 2 aromatic heterocycles. The molecule has 0 N–H and O–H groups in total. The summed E-state index contributed by atoms with van der Waals surface area (Å²) >= 11 is 3.43. The van der Waals surface area contributed by atoms with Crippen molar-refractivity contribution < 1.29 is 4.79 Å². The minimum Gasteiger partial charge on any atom is -0.309 e. The molecule has 136 valence electrons. The monoisotopic (exact) mass is 394 g/mol. The third-order valence-electron chi connectivity index (χ3n) is 4.22. The number of hydrogen-bond donors (Lipinski definition) is 0. The lowest BCUT2D eigenvalue weighted by atomic mass is 10.1. The lowest BCUT2D eigenvalue weighted by Crippen LogP contribution is -2.25. The van der Waals surface area contributed by atoms with Gasteiger partial charge in [0.05, 0.1) is 22.1 Å². The molecule has 4 rings (SSSR count). The van der Waals surface area contributed by atoms with Crippen LogP contribution < -0.4 is 4.90 Å². The molecule has 4 aromatic rings. The Labute approximate surface area is 165 Å². The van der Waals surface area contributed by atoms with Gasteiger partial charge in [-0.2, -0.15) is 5.10 Å². The normalized spacial score (nSPS) is 11.0. The van der Waals surface area contributed by atoms with Gasteiger partial charge < -0.3 is 4.90 Å². The molecule has 0 unspecified atom stereocenters. The molecule has 7 heteroatoms. The van der Waals surface area contributed by atoms with Crippen LogP contribution in [0.5, 0.6) is 0 Å². The molecule has 0 atom stereocenters. The van der Waals surface area contributed by atoms with Gasteiger partial charge in [0.25, 0.3) is 5.91 Å². The molecule has 0 spiro atoms. The van der Waals surface area contributed by atoms with Crippen LogP contribution in [0.2, 0.25) is 0 Å². The molecule has 0 fully saturated rings. The quantitative estimate of drug-likeness (QED) is 0.464. The maximum atomic E-state index is 12.6. The maximum Gasteiger partial charge on any atom is 0.258 e. The van der Waals surface area contributed by atoms with Crippen molar-refractivity contribution in [1.29, 1.82) is 0 Å². The molecule has 0 aliphatic heterocycles. The molecule has 2 heterocycles. The number of aryl methyl sites for hydroxylation is 1. The minimum atomic E-state index is -0.0478. The van der Waals surface area contributed by atoms with Gasteiger partial charge in [0, 0.05) is 31.6 Å². The molecule has 0 saturated heterocycles. The Morgan fingerprint density at radius 1 is 1.19 bits per heavy atom. The second kappa shape index (κ2) is 7.54. The Kier molecular flexibility index (Phi) is 4.96. The standard InChI is InChI=1S/C20H18N4OS2/c1-23-12-16(11-21-23)24(2)19(25)15-9-7-14(8-10-15)13-26-20-22-17-5-3-4-6-18(17)27-20/h3-12H,13H2,1-2H3. The number of para-hydroxylation sites is 1. The molecule has 0 bridgehead atoms. The second-order valence-corrected chi connectivity index (χ2v) is 8.42. The van der Waals surface area contributed by atoms with Crippen LogP contribution in [-0.2, 0) is 12.8 Å². The van der Waals surface area contributed by atoms with Crippen molar-refractivity contribution >= 4 is 44.9 Å².